The highest BCUT2D eigenvalue weighted by atomic mass is 79.9. The summed E-state index contributed by atoms with van der Waals surface area (Å²) >= 11 is 3.36. The van der Waals surface area contributed by atoms with Gasteiger partial charge in [-0.3, -0.25) is 9.78 Å². The number of aryl methyl sites for hydroxylation is 1. The fourth-order valence-corrected chi connectivity index (χ4v) is 1.72. The lowest BCUT2D eigenvalue weighted by Crippen LogP contribution is -2.16. The van der Waals surface area contributed by atoms with Gasteiger partial charge in [-0.15, -0.1) is 0 Å². The molecule has 2 aromatic heterocycles. The van der Waals surface area contributed by atoms with Crippen LogP contribution in [0.1, 0.15) is 11.3 Å². The number of hydrogen-bond acceptors (Lipinski definition) is 4. The molecule has 2 heterocycles. The molecule has 0 radical (unpaired) electrons. The molecule has 2 aromatic rings. The fraction of sp³-hybridized carbons (Fsp3) is 0.154. The van der Waals surface area contributed by atoms with Crippen molar-refractivity contribution >= 4 is 33.3 Å². The van der Waals surface area contributed by atoms with Gasteiger partial charge >= 0.3 is 0 Å². The molecule has 0 saturated heterocycles. The molecule has 0 unspecified atom stereocenters. The molecular weight excluding hydrogens is 308 g/mol. The Morgan fingerprint density at radius 2 is 2.16 bits per heavy atom. The average molecular weight is 321 g/mol. The molecule has 0 atom stereocenters. The zero-order valence-corrected chi connectivity index (χ0v) is 11.9. The Bertz CT molecular complexity index is 598. The number of carbonyl (C=O) groups excluding carboxylic acids is 1. The van der Waals surface area contributed by atoms with Gasteiger partial charge < -0.3 is 11.1 Å². The van der Waals surface area contributed by atoms with Crippen LogP contribution >= 0.6 is 15.9 Å². The van der Waals surface area contributed by atoms with E-state index in [1.165, 1.54) is 6.20 Å². The van der Waals surface area contributed by atoms with E-state index in [2.05, 4.69) is 31.2 Å². The summed E-state index contributed by atoms with van der Waals surface area (Å²) in [6.07, 6.45) is 3.38. The monoisotopic (exact) mass is 320 g/mol. The van der Waals surface area contributed by atoms with Crippen LogP contribution in [0.15, 0.2) is 35.1 Å². The van der Waals surface area contributed by atoms with E-state index in [-0.39, 0.29) is 12.3 Å². The normalized spacial score (nSPS) is 10.2. The van der Waals surface area contributed by atoms with Crippen LogP contribution in [0.2, 0.25) is 0 Å². The molecule has 0 saturated carbocycles. The first-order valence-corrected chi connectivity index (χ1v) is 6.46. The van der Waals surface area contributed by atoms with Gasteiger partial charge in [-0.1, -0.05) is 0 Å². The topological polar surface area (TPSA) is 80.9 Å². The number of nitrogens with zero attached hydrogens (tertiary/aromatic N) is 2. The maximum Gasteiger partial charge on any atom is 0.231 e. The van der Waals surface area contributed by atoms with E-state index >= 15 is 0 Å². The minimum atomic E-state index is -0.161. The van der Waals surface area contributed by atoms with Crippen molar-refractivity contribution in [1.82, 2.24) is 9.97 Å². The summed E-state index contributed by atoms with van der Waals surface area (Å²) in [5.41, 5.74) is 7.79. The molecule has 0 aliphatic carbocycles. The quantitative estimate of drug-likeness (QED) is 0.909. The predicted octanol–water partition coefficient (Wildman–Crippen LogP) is 2.31. The van der Waals surface area contributed by atoms with Crippen molar-refractivity contribution in [3.8, 4) is 0 Å². The van der Waals surface area contributed by atoms with Crippen LogP contribution in [-0.2, 0) is 11.2 Å². The largest absolute Gasteiger partial charge is 0.397 e. The zero-order chi connectivity index (χ0) is 13.8. The highest BCUT2D eigenvalue weighted by Gasteiger charge is 2.07. The lowest BCUT2D eigenvalue weighted by molar-refractivity contribution is -0.115. The number of nitrogens with one attached hydrogen (secondary N) is 1. The Morgan fingerprint density at radius 3 is 2.79 bits per heavy atom. The molecule has 98 valence electrons. The molecule has 3 N–H and O–H groups in total. The number of nitrogen functional groups attached to an aromatic ring is 1. The molecule has 0 aliphatic rings. The van der Waals surface area contributed by atoms with Crippen molar-refractivity contribution in [2.24, 2.45) is 0 Å². The third kappa shape index (κ3) is 3.75. The minimum absolute atomic E-state index is 0.161. The van der Waals surface area contributed by atoms with Crippen molar-refractivity contribution < 1.29 is 4.79 Å². The van der Waals surface area contributed by atoms with E-state index in [1.54, 1.807) is 24.4 Å². The van der Waals surface area contributed by atoms with E-state index in [1.807, 2.05) is 6.92 Å². The van der Waals surface area contributed by atoms with Crippen molar-refractivity contribution in [3.05, 3.63) is 46.3 Å². The first kappa shape index (κ1) is 13.5. The van der Waals surface area contributed by atoms with Crippen LogP contribution in [0.25, 0.3) is 0 Å². The average Bonchev–Trinajstić information content (AvgIpc) is 2.37. The zero-order valence-electron chi connectivity index (χ0n) is 10.4. The number of hydrogen-bond donors (Lipinski definition) is 2. The Morgan fingerprint density at radius 1 is 1.37 bits per heavy atom. The maximum atomic E-state index is 11.8. The third-order valence-corrected chi connectivity index (χ3v) is 3.33. The van der Waals surface area contributed by atoms with Crippen molar-refractivity contribution in [2.75, 3.05) is 11.1 Å². The second-order valence-electron chi connectivity index (χ2n) is 4.13. The molecule has 0 aromatic carbocycles. The number of halogens is 1. The van der Waals surface area contributed by atoms with Gasteiger partial charge in [0.15, 0.2) is 0 Å². The van der Waals surface area contributed by atoms with Crippen molar-refractivity contribution in [3.63, 3.8) is 0 Å². The number of rotatable bonds is 3. The molecule has 6 heteroatoms. The van der Waals surface area contributed by atoms with Gasteiger partial charge in [-0.05, 0) is 46.6 Å². The van der Waals surface area contributed by atoms with Gasteiger partial charge in [0.05, 0.1) is 18.3 Å². The standard InChI is InChI=1S/C13H13BrN4O/c1-8-4-12(17-7-11(8)14)18-13(19)5-10-3-2-9(15)6-16-10/h2-4,6-7H,5,15H2,1H3,(H,17,18,19). The van der Waals surface area contributed by atoms with E-state index in [0.29, 0.717) is 17.2 Å². The highest BCUT2D eigenvalue weighted by molar-refractivity contribution is 9.10. The van der Waals surface area contributed by atoms with Crippen molar-refractivity contribution in [2.45, 2.75) is 13.3 Å². The molecule has 0 bridgehead atoms. The number of carbonyl (C=O) groups is 1. The highest BCUT2D eigenvalue weighted by Crippen LogP contribution is 2.17. The maximum absolute atomic E-state index is 11.8. The Labute approximate surface area is 119 Å². The second kappa shape index (κ2) is 5.79. The van der Waals surface area contributed by atoms with E-state index in [9.17, 15) is 4.79 Å². The summed E-state index contributed by atoms with van der Waals surface area (Å²) in [6.45, 7) is 1.93. The molecule has 5 nitrogen and oxygen atoms in total. The lowest BCUT2D eigenvalue weighted by atomic mass is 10.2. The molecule has 2 rings (SSSR count). The number of pyridine rings is 2. The SMILES string of the molecule is Cc1cc(NC(=O)Cc2ccc(N)cn2)ncc1Br. The number of anilines is 2. The van der Waals surface area contributed by atoms with Crippen LogP contribution < -0.4 is 11.1 Å². The van der Waals surface area contributed by atoms with Crippen LogP contribution in [0.4, 0.5) is 11.5 Å². The summed E-state index contributed by atoms with van der Waals surface area (Å²) < 4.78 is 0.908. The van der Waals surface area contributed by atoms with Crippen LogP contribution in [-0.4, -0.2) is 15.9 Å². The number of aromatic nitrogens is 2. The van der Waals surface area contributed by atoms with Gasteiger partial charge in [-0.25, -0.2) is 4.98 Å². The minimum Gasteiger partial charge on any atom is -0.397 e. The van der Waals surface area contributed by atoms with Crippen molar-refractivity contribution in [1.29, 1.82) is 0 Å². The van der Waals surface area contributed by atoms with E-state index < -0.39 is 0 Å². The van der Waals surface area contributed by atoms with Gasteiger partial charge in [0.25, 0.3) is 0 Å². The van der Waals surface area contributed by atoms with Gasteiger partial charge in [0.2, 0.25) is 5.91 Å². The first-order chi connectivity index (χ1) is 9.04. The van der Waals surface area contributed by atoms with Gasteiger partial charge in [0, 0.05) is 16.4 Å². The summed E-state index contributed by atoms with van der Waals surface area (Å²) in [5.74, 6) is 0.368. The molecule has 19 heavy (non-hydrogen) atoms. The second-order valence-corrected chi connectivity index (χ2v) is 4.98. The van der Waals surface area contributed by atoms with E-state index in [4.69, 9.17) is 5.73 Å². The molecule has 0 fully saturated rings. The Kier molecular flexibility index (Phi) is 4.11. The van der Waals surface area contributed by atoms with E-state index in [0.717, 1.165) is 10.0 Å². The summed E-state index contributed by atoms with van der Waals surface area (Å²) in [6, 6.07) is 5.26. The van der Waals surface area contributed by atoms with Gasteiger partial charge in [0.1, 0.15) is 5.82 Å². The predicted molar refractivity (Wildman–Crippen MR) is 77.7 cm³/mol. The molecular formula is C13H13BrN4O. The first-order valence-electron chi connectivity index (χ1n) is 5.67. The number of nitrogens with two attached hydrogens (primary N) is 1. The fourth-order valence-electron chi connectivity index (χ4n) is 1.50. The molecule has 1 amide bonds. The Balaban J connectivity index is 2.01. The van der Waals surface area contributed by atoms with Crippen LogP contribution in [0.5, 0.6) is 0 Å². The molecule has 0 aliphatic heterocycles. The number of amides is 1. The summed E-state index contributed by atoms with van der Waals surface area (Å²) in [5, 5.41) is 2.73. The smallest absolute Gasteiger partial charge is 0.231 e. The summed E-state index contributed by atoms with van der Waals surface area (Å²) in [7, 11) is 0. The third-order valence-electron chi connectivity index (χ3n) is 2.50. The van der Waals surface area contributed by atoms with Gasteiger partial charge in [-0.2, -0.15) is 0 Å². The van der Waals surface area contributed by atoms with Crippen LogP contribution in [0, 0.1) is 6.92 Å². The molecule has 0 spiro atoms. The Hall–Kier alpha value is -1.95. The van der Waals surface area contributed by atoms with Crippen LogP contribution in [0.3, 0.4) is 0 Å². The lowest BCUT2D eigenvalue weighted by Gasteiger charge is -2.06. The summed E-state index contributed by atoms with van der Waals surface area (Å²) in [4.78, 5) is 20.0.